The van der Waals surface area contributed by atoms with Gasteiger partial charge in [0, 0.05) is 14.1 Å². The van der Waals surface area contributed by atoms with Gasteiger partial charge in [0.25, 0.3) is 0 Å². The zero-order valence-electron chi connectivity index (χ0n) is 13.0. The van der Waals surface area contributed by atoms with Gasteiger partial charge in [-0.2, -0.15) is 0 Å². The lowest BCUT2D eigenvalue weighted by molar-refractivity contribution is 0.0693. The Hall–Kier alpha value is -2.38. The van der Waals surface area contributed by atoms with Crippen molar-refractivity contribution in [2.75, 3.05) is 21.2 Å². The van der Waals surface area contributed by atoms with Crippen LogP contribution in [-0.2, 0) is 10.0 Å². The molecule has 7 heteroatoms. The van der Waals surface area contributed by atoms with E-state index in [2.05, 4.69) is 0 Å². The second-order valence-corrected chi connectivity index (χ2v) is 7.18. The molecule has 0 aromatic heterocycles. The van der Waals surface area contributed by atoms with Gasteiger partial charge >= 0.3 is 5.97 Å². The van der Waals surface area contributed by atoms with Gasteiger partial charge in [-0.1, -0.05) is 18.2 Å². The van der Waals surface area contributed by atoms with Crippen LogP contribution in [0.2, 0.25) is 0 Å². The van der Waals surface area contributed by atoms with Crippen molar-refractivity contribution in [3.8, 4) is 16.9 Å². The second kappa shape index (κ2) is 6.39. The lowest BCUT2D eigenvalue weighted by Gasteiger charge is -2.12. The highest BCUT2D eigenvalue weighted by Crippen LogP contribution is 2.28. The lowest BCUT2D eigenvalue weighted by atomic mass is 10.0. The maximum Gasteiger partial charge on any atom is 0.339 e. The number of hydrogen-bond acceptors (Lipinski definition) is 4. The van der Waals surface area contributed by atoms with Crippen molar-refractivity contribution >= 4 is 16.0 Å². The number of ether oxygens (including phenoxy) is 1. The molecular weight excluding hydrogens is 318 g/mol. The molecule has 0 aliphatic heterocycles. The molecule has 0 aliphatic carbocycles. The standard InChI is InChI=1S/C16H17NO5S/c1-17(2)23(20,21)13-7-4-11(5-8-13)12-6-9-14(16(18)19)15(10-12)22-3/h4-10H,1-3H3,(H,18,19). The number of rotatable bonds is 5. The minimum absolute atomic E-state index is 0.0723. The zero-order chi connectivity index (χ0) is 17.2. The minimum Gasteiger partial charge on any atom is -0.496 e. The van der Waals surface area contributed by atoms with Gasteiger partial charge in [-0.15, -0.1) is 0 Å². The van der Waals surface area contributed by atoms with Gasteiger partial charge in [0.05, 0.1) is 12.0 Å². The van der Waals surface area contributed by atoms with Crippen LogP contribution in [0, 0.1) is 0 Å². The van der Waals surface area contributed by atoms with E-state index in [1.165, 1.54) is 39.4 Å². The van der Waals surface area contributed by atoms with E-state index in [0.29, 0.717) is 0 Å². The average Bonchev–Trinajstić information content (AvgIpc) is 2.54. The summed E-state index contributed by atoms with van der Waals surface area (Å²) in [5.74, 6) is -0.819. The smallest absolute Gasteiger partial charge is 0.339 e. The van der Waals surface area contributed by atoms with Crippen LogP contribution in [0.4, 0.5) is 0 Å². The largest absolute Gasteiger partial charge is 0.496 e. The van der Waals surface area contributed by atoms with Gasteiger partial charge in [-0.3, -0.25) is 0 Å². The van der Waals surface area contributed by atoms with Crippen molar-refractivity contribution in [2.45, 2.75) is 4.90 Å². The molecule has 0 radical (unpaired) electrons. The first kappa shape index (κ1) is 17.0. The van der Waals surface area contributed by atoms with Crippen LogP contribution in [-0.4, -0.2) is 45.0 Å². The fraction of sp³-hybridized carbons (Fsp3) is 0.188. The third kappa shape index (κ3) is 3.35. The summed E-state index contributed by atoms with van der Waals surface area (Å²) in [6.07, 6.45) is 0. The molecule has 0 saturated carbocycles. The Labute approximate surface area is 135 Å². The van der Waals surface area contributed by atoms with Crippen molar-refractivity contribution in [1.82, 2.24) is 4.31 Å². The molecule has 6 nitrogen and oxygen atoms in total. The molecule has 2 rings (SSSR count). The molecule has 2 aromatic rings. The maximum absolute atomic E-state index is 12.0. The molecule has 1 N–H and O–H groups in total. The fourth-order valence-corrected chi connectivity index (χ4v) is 2.98. The Balaban J connectivity index is 2.43. The molecule has 0 amide bonds. The summed E-state index contributed by atoms with van der Waals surface area (Å²) in [4.78, 5) is 11.3. The number of carbonyl (C=O) groups is 1. The Morgan fingerprint density at radius 2 is 1.61 bits per heavy atom. The third-order valence-electron chi connectivity index (χ3n) is 3.40. The maximum atomic E-state index is 12.0. The molecular formula is C16H17NO5S. The van der Waals surface area contributed by atoms with E-state index >= 15 is 0 Å². The molecule has 0 atom stereocenters. The van der Waals surface area contributed by atoms with Crippen molar-refractivity contribution < 1.29 is 23.1 Å². The first-order chi connectivity index (χ1) is 10.8. The summed E-state index contributed by atoms with van der Waals surface area (Å²) in [6, 6.07) is 11.1. The number of hydrogen-bond donors (Lipinski definition) is 1. The number of benzene rings is 2. The highest BCUT2D eigenvalue weighted by molar-refractivity contribution is 7.89. The van der Waals surface area contributed by atoms with Gasteiger partial charge in [-0.25, -0.2) is 17.5 Å². The molecule has 2 aromatic carbocycles. The number of nitrogens with zero attached hydrogens (tertiary/aromatic N) is 1. The molecule has 0 saturated heterocycles. The molecule has 0 spiro atoms. The van der Waals surface area contributed by atoms with Gasteiger partial charge < -0.3 is 9.84 Å². The Morgan fingerprint density at radius 1 is 1.04 bits per heavy atom. The van der Waals surface area contributed by atoms with E-state index in [1.807, 2.05) is 0 Å². The Morgan fingerprint density at radius 3 is 2.09 bits per heavy atom. The molecule has 0 bridgehead atoms. The predicted octanol–water partition coefficient (Wildman–Crippen LogP) is 2.31. The first-order valence-electron chi connectivity index (χ1n) is 6.71. The van der Waals surface area contributed by atoms with Crippen LogP contribution in [0.1, 0.15) is 10.4 Å². The average molecular weight is 335 g/mol. The lowest BCUT2D eigenvalue weighted by Crippen LogP contribution is -2.22. The van der Waals surface area contributed by atoms with Crippen molar-refractivity contribution in [3.63, 3.8) is 0 Å². The predicted molar refractivity (Wildman–Crippen MR) is 86.3 cm³/mol. The monoisotopic (exact) mass is 335 g/mol. The van der Waals surface area contributed by atoms with Crippen LogP contribution >= 0.6 is 0 Å². The summed E-state index contributed by atoms with van der Waals surface area (Å²) in [5, 5.41) is 9.08. The molecule has 122 valence electrons. The normalized spacial score (nSPS) is 11.5. The summed E-state index contributed by atoms with van der Waals surface area (Å²) in [6.45, 7) is 0. The number of carboxylic acids is 1. The number of sulfonamides is 1. The van der Waals surface area contributed by atoms with Gasteiger partial charge in [0.2, 0.25) is 10.0 Å². The van der Waals surface area contributed by atoms with E-state index < -0.39 is 16.0 Å². The number of aromatic carboxylic acids is 1. The van der Waals surface area contributed by atoms with Crippen LogP contribution in [0.15, 0.2) is 47.4 Å². The summed E-state index contributed by atoms with van der Waals surface area (Å²) < 4.78 is 30.3. The molecule has 0 aliphatic rings. The van der Waals surface area contributed by atoms with Gasteiger partial charge in [0.15, 0.2) is 0 Å². The molecule has 0 heterocycles. The SMILES string of the molecule is COc1cc(-c2ccc(S(=O)(=O)N(C)C)cc2)ccc1C(=O)O. The quantitative estimate of drug-likeness (QED) is 0.906. The van der Waals surface area contributed by atoms with E-state index in [-0.39, 0.29) is 16.2 Å². The highest BCUT2D eigenvalue weighted by atomic mass is 32.2. The van der Waals surface area contributed by atoms with Crippen molar-refractivity contribution in [2.24, 2.45) is 0 Å². The van der Waals surface area contributed by atoms with Gasteiger partial charge in [-0.05, 0) is 35.4 Å². The van der Waals surface area contributed by atoms with Crippen molar-refractivity contribution in [3.05, 3.63) is 48.0 Å². The number of methoxy groups -OCH3 is 1. The summed E-state index contributed by atoms with van der Waals surface area (Å²) in [5.41, 5.74) is 1.57. The molecule has 23 heavy (non-hydrogen) atoms. The third-order valence-corrected chi connectivity index (χ3v) is 5.23. The van der Waals surface area contributed by atoms with E-state index in [1.54, 1.807) is 24.3 Å². The van der Waals surface area contributed by atoms with Crippen LogP contribution in [0.3, 0.4) is 0 Å². The van der Waals surface area contributed by atoms with Crippen LogP contribution in [0.5, 0.6) is 5.75 Å². The minimum atomic E-state index is -3.48. The first-order valence-corrected chi connectivity index (χ1v) is 8.15. The molecule has 0 unspecified atom stereocenters. The van der Waals surface area contributed by atoms with Crippen LogP contribution < -0.4 is 4.74 Å². The zero-order valence-corrected chi connectivity index (χ0v) is 13.8. The fourth-order valence-electron chi connectivity index (χ4n) is 2.08. The van der Waals surface area contributed by atoms with E-state index in [4.69, 9.17) is 9.84 Å². The van der Waals surface area contributed by atoms with E-state index in [0.717, 1.165) is 15.4 Å². The van der Waals surface area contributed by atoms with Crippen LogP contribution in [0.25, 0.3) is 11.1 Å². The summed E-state index contributed by atoms with van der Waals surface area (Å²) >= 11 is 0. The molecule has 0 fully saturated rings. The summed E-state index contributed by atoms with van der Waals surface area (Å²) in [7, 11) is 0.867. The van der Waals surface area contributed by atoms with Gasteiger partial charge in [0.1, 0.15) is 11.3 Å². The number of carboxylic acid groups (broad SMARTS) is 1. The highest BCUT2D eigenvalue weighted by Gasteiger charge is 2.17. The van der Waals surface area contributed by atoms with E-state index in [9.17, 15) is 13.2 Å². The Bertz CT molecular complexity index is 826. The van der Waals surface area contributed by atoms with Crippen molar-refractivity contribution in [1.29, 1.82) is 0 Å². The topological polar surface area (TPSA) is 83.9 Å². The Kier molecular flexibility index (Phi) is 4.72. The second-order valence-electron chi connectivity index (χ2n) is 5.03.